The van der Waals surface area contributed by atoms with E-state index < -0.39 is 11.4 Å². The predicted octanol–water partition coefficient (Wildman–Crippen LogP) is 6.20. The molecule has 10 nitrogen and oxygen atoms in total. The van der Waals surface area contributed by atoms with Gasteiger partial charge in [0.1, 0.15) is 22.6 Å². The molecule has 0 spiro atoms. The summed E-state index contributed by atoms with van der Waals surface area (Å²) in [6.07, 6.45) is 7.24. The Morgan fingerprint density at radius 3 is 2.45 bits per heavy atom. The number of methoxy groups -OCH3 is 1. The predicted molar refractivity (Wildman–Crippen MR) is 171 cm³/mol. The maximum Gasteiger partial charge on any atom is 0.410 e. The van der Waals surface area contributed by atoms with Gasteiger partial charge in [-0.1, -0.05) is 23.7 Å². The van der Waals surface area contributed by atoms with E-state index in [2.05, 4.69) is 31.9 Å². The number of halogens is 2. The van der Waals surface area contributed by atoms with Crippen LogP contribution in [0.5, 0.6) is 6.01 Å². The first-order valence-electron chi connectivity index (χ1n) is 14.8. The third-order valence-electron chi connectivity index (χ3n) is 7.69. The summed E-state index contributed by atoms with van der Waals surface area (Å²) in [6.45, 7) is 11.4. The van der Waals surface area contributed by atoms with E-state index in [1.165, 1.54) is 33.0 Å². The van der Waals surface area contributed by atoms with Gasteiger partial charge in [0, 0.05) is 65.6 Å². The van der Waals surface area contributed by atoms with E-state index >= 15 is 4.39 Å². The first-order chi connectivity index (χ1) is 21.0. The highest BCUT2D eigenvalue weighted by Gasteiger charge is 2.32. The zero-order valence-electron chi connectivity index (χ0n) is 26.1. The van der Waals surface area contributed by atoms with Gasteiger partial charge in [0.05, 0.1) is 12.5 Å². The lowest BCUT2D eigenvalue weighted by Crippen LogP contribution is -2.54. The fourth-order valence-electron chi connectivity index (χ4n) is 5.53. The molecule has 12 heteroatoms. The lowest BCUT2D eigenvalue weighted by atomic mass is 10.0. The molecule has 2 saturated heterocycles. The van der Waals surface area contributed by atoms with Gasteiger partial charge in [-0.3, -0.25) is 9.97 Å². The molecule has 0 aliphatic carbocycles. The number of rotatable bonds is 3. The van der Waals surface area contributed by atoms with Crippen LogP contribution in [0, 0.1) is 5.82 Å². The molecular weight excluding hydrogens is 585 g/mol. The van der Waals surface area contributed by atoms with Crippen LogP contribution < -0.4 is 9.64 Å². The number of hydrogen-bond donors (Lipinski definition) is 0. The molecule has 1 amide bonds. The largest absolute Gasteiger partial charge is 0.467 e. The number of carbonyl (C=O) groups excluding carboxylic acids is 1. The Balaban J connectivity index is 0.000000573. The second-order valence-corrected chi connectivity index (χ2v) is 12.6. The van der Waals surface area contributed by atoms with Crippen molar-refractivity contribution >= 4 is 45.2 Å². The molecule has 4 aromatic rings. The normalized spacial score (nSPS) is 17.5. The van der Waals surface area contributed by atoms with Crippen LogP contribution in [0.15, 0.2) is 36.8 Å². The summed E-state index contributed by atoms with van der Waals surface area (Å²) in [7, 11) is 3.61. The van der Waals surface area contributed by atoms with Gasteiger partial charge in [-0.05, 0) is 66.7 Å². The van der Waals surface area contributed by atoms with E-state index in [-0.39, 0.29) is 29.4 Å². The van der Waals surface area contributed by atoms with Crippen molar-refractivity contribution in [3.63, 3.8) is 0 Å². The monoisotopic (exact) mass is 623 g/mol. The average Bonchev–Trinajstić information content (AvgIpc) is 3.47. The minimum Gasteiger partial charge on any atom is -0.467 e. The molecule has 1 atom stereocenters. The van der Waals surface area contributed by atoms with Crippen LogP contribution in [-0.4, -0.2) is 94.4 Å². The van der Waals surface area contributed by atoms with E-state index in [1.807, 2.05) is 44.7 Å². The Bertz CT molecular complexity index is 1650. The third kappa shape index (κ3) is 6.78. The number of nitrogens with zero attached hydrogens (tertiary/aromatic N) is 7. The van der Waals surface area contributed by atoms with Crippen LogP contribution in [0.4, 0.5) is 15.0 Å². The highest BCUT2D eigenvalue weighted by molar-refractivity contribution is 6.36. The molecule has 5 heterocycles. The number of fused-ring (bicyclic) bond motifs is 2. The summed E-state index contributed by atoms with van der Waals surface area (Å²) < 4.78 is 27.0. The SMILES string of the molecule is CN1CCCC1.COc1nc(N2CCN(C(=O)OC(C)(C)C)CC2C)c2cnc(-c3cncc4cccc(Cl)c34)c(F)c2n1. The molecule has 2 fully saturated rings. The molecule has 0 radical (unpaired) electrons. The van der Waals surface area contributed by atoms with Crippen molar-refractivity contribution in [1.29, 1.82) is 0 Å². The molecule has 6 rings (SSSR count). The Hall–Kier alpha value is -3.83. The van der Waals surface area contributed by atoms with E-state index in [9.17, 15) is 4.79 Å². The number of amides is 1. The van der Waals surface area contributed by atoms with Gasteiger partial charge in [-0.15, -0.1) is 0 Å². The van der Waals surface area contributed by atoms with E-state index in [4.69, 9.17) is 21.1 Å². The standard InChI is InChI=1S/C27H28ClFN6O3.C5H11N/c1-15-14-34(26(36)38-27(2,3)4)9-10-35(15)24-18-13-31-22(21(29)23(18)32-25(33-24)37-5)17-12-30-11-16-7-6-8-19(28)20(16)17;1-6-4-2-3-5-6/h6-8,11-13,15H,9-10,14H2,1-5H3;2-5H2,1H3. The number of carbonyl (C=O) groups is 1. The second kappa shape index (κ2) is 13.0. The molecule has 1 aromatic carbocycles. The highest BCUT2D eigenvalue weighted by atomic mass is 35.5. The van der Waals surface area contributed by atoms with Crippen molar-refractivity contribution in [2.75, 3.05) is 51.8 Å². The Morgan fingerprint density at radius 1 is 1.07 bits per heavy atom. The van der Waals surface area contributed by atoms with E-state index in [0.29, 0.717) is 46.8 Å². The fourth-order valence-corrected chi connectivity index (χ4v) is 5.81. The van der Waals surface area contributed by atoms with Crippen molar-refractivity contribution in [2.45, 2.75) is 52.2 Å². The first kappa shape index (κ1) is 31.6. The van der Waals surface area contributed by atoms with Gasteiger partial charge in [0.15, 0.2) is 5.82 Å². The van der Waals surface area contributed by atoms with E-state index in [1.54, 1.807) is 29.6 Å². The topological polar surface area (TPSA) is 96.8 Å². The quantitative estimate of drug-likeness (QED) is 0.264. The van der Waals surface area contributed by atoms with Crippen LogP contribution in [0.3, 0.4) is 0 Å². The number of anilines is 1. The number of hydrogen-bond acceptors (Lipinski definition) is 9. The number of benzene rings is 1. The van der Waals surface area contributed by atoms with Gasteiger partial charge in [-0.2, -0.15) is 9.97 Å². The Kier molecular flexibility index (Phi) is 9.36. The van der Waals surface area contributed by atoms with Crippen molar-refractivity contribution in [3.05, 3.63) is 47.6 Å². The molecule has 0 saturated carbocycles. The fraction of sp³-hybridized carbons (Fsp3) is 0.469. The smallest absolute Gasteiger partial charge is 0.410 e. The van der Waals surface area contributed by atoms with Crippen LogP contribution in [0.25, 0.3) is 32.9 Å². The van der Waals surface area contributed by atoms with Crippen LogP contribution >= 0.6 is 11.6 Å². The lowest BCUT2D eigenvalue weighted by Gasteiger charge is -2.41. The molecule has 2 aliphatic rings. The molecule has 234 valence electrons. The molecule has 1 unspecified atom stereocenters. The molecule has 3 aromatic heterocycles. The number of aromatic nitrogens is 4. The summed E-state index contributed by atoms with van der Waals surface area (Å²) in [5, 5.41) is 2.33. The Labute approximate surface area is 262 Å². The van der Waals surface area contributed by atoms with Crippen molar-refractivity contribution in [3.8, 4) is 17.3 Å². The minimum atomic E-state index is -0.626. The summed E-state index contributed by atoms with van der Waals surface area (Å²) >= 11 is 6.48. The van der Waals surface area contributed by atoms with Gasteiger partial charge in [0.2, 0.25) is 0 Å². The van der Waals surface area contributed by atoms with Crippen molar-refractivity contribution in [2.24, 2.45) is 0 Å². The molecule has 2 aliphatic heterocycles. The summed E-state index contributed by atoms with van der Waals surface area (Å²) in [5.41, 5.74) is 0.0325. The van der Waals surface area contributed by atoms with Crippen LogP contribution in [0.1, 0.15) is 40.5 Å². The molecule has 44 heavy (non-hydrogen) atoms. The summed E-state index contributed by atoms with van der Waals surface area (Å²) in [6, 6.07) is 5.31. The summed E-state index contributed by atoms with van der Waals surface area (Å²) in [4.78, 5) is 36.3. The zero-order valence-corrected chi connectivity index (χ0v) is 26.9. The number of piperazine rings is 1. The van der Waals surface area contributed by atoms with Gasteiger partial charge in [0.25, 0.3) is 0 Å². The van der Waals surface area contributed by atoms with Crippen molar-refractivity contribution < 1.29 is 18.7 Å². The molecule has 0 bridgehead atoms. The molecule has 0 N–H and O–H groups in total. The minimum absolute atomic E-state index is 0.0272. The summed E-state index contributed by atoms with van der Waals surface area (Å²) in [5.74, 6) is -0.145. The number of likely N-dealkylation sites (tertiary alicyclic amines) is 1. The average molecular weight is 624 g/mol. The lowest BCUT2D eigenvalue weighted by molar-refractivity contribution is 0.0218. The van der Waals surface area contributed by atoms with E-state index in [0.717, 1.165) is 5.39 Å². The maximum absolute atomic E-state index is 16.1. The van der Waals surface area contributed by atoms with Crippen LogP contribution in [-0.2, 0) is 4.74 Å². The van der Waals surface area contributed by atoms with Crippen LogP contribution in [0.2, 0.25) is 5.02 Å². The van der Waals surface area contributed by atoms with Crippen molar-refractivity contribution in [1.82, 2.24) is 29.7 Å². The van der Waals surface area contributed by atoms with Gasteiger partial charge in [-0.25, -0.2) is 9.18 Å². The zero-order chi connectivity index (χ0) is 31.6. The van der Waals surface area contributed by atoms with Gasteiger partial charge < -0.3 is 24.2 Å². The van der Waals surface area contributed by atoms with Gasteiger partial charge >= 0.3 is 12.1 Å². The first-order valence-corrected chi connectivity index (χ1v) is 15.2. The third-order valence-corrected chi connectivity index (χ3v) is 8.01. The highest BCUT2D eigenvalue weighted by Crippen LogP contribution is 2.37. The second-order valence-electron chi connectivity index (χ2n) is 12.2. The maximum atomic E-state index is 16.1. The number of pyridine rings is 2. The Morgan fingerprint density at radius 2 is 1.82 bits per heavy atom. The number of ether oxygens (including phenoxy) is 2. The molecular formula is C32H39ClFN7O3.